The van der Waals surface area contributed by atoms with Crippen molar-refractivity contribution >= 4 is 29.8 Å². The van der Waals surface area contributed by atoms with E-state index in [9.17, 15) is 101 Å². The predicted octanol–water partition coefficient (Wildman–Crippen LogP) is 1.69. The number of benzene rings is 5. The molecule has 6 rings (SSSR count). The van der Waals surface area contributed by atoms with Crippen molar-refractivity contribution in [3.8, 4) is 86.2 Å². The van der Waals surface area contributed by atoms with Crippen LogP contribution in [0.1, 0.15) is 51.8 Å². The van der Waals surface area contributed by atoms with Crippen molar-refractivity contribution in [3.05, 3.63) is 88.5 Å². The summed E-state index contributed by atoms with van der Waals surface area (Å²) in [5.74, 6) is -24.5. The number of hydrogen-bond donors (Lipinski definition) is 15. The van der Waals surface area contributed by atoms with Crippen LogP contribution in [0.25, 0.3) is 0 Å². The molecule has 1 heterocycles. The molecule has 5 aromatic rings. The van der Waals surface area contributed by atoms with Crippen molar-refractivity contribution in [2.45, 2.75) is 30.7 Å². The van der Waals surface area contributed by atoms with E-state index < -0.39 is 181 Å². The Morgan fingerprint density at radius 1 is 0.343 bits per heavy atom. The fraction of sp³-hybridized carbons (Fsp3) is 0.146. The van der Waals surface area contributed by atoms with E-state index in [0.29, 0.717) is 60.7 Å². The van der Waals surface area contributed by atoms with E-state index in [0.717, 1.165) is 0 Å². The van der Waals surface area contributed by atoms with Gasteiger partial charge in [-0.2, -0.15) is 0 Å². The molecule has 5 aromatic carbocycles. The summed E-state index contributed by atoms with van der Waals surface area (Å²) < 4.78 is 33.2. The summed E-state index contributed by atoms with van der Waals surface area (Å²) in [4.78, 5) is 68.5. The Kier molecular flexibility index (Phi) is 12.8. The maximum absolute atomic E-state index is 13.9. The van der Waals surface area contributed by atoms with Gasteiger partial charge in [-0.05, 0) is 60.7 Å². The molecule has 5 atom stereocenters. The van der Waals surface area contributed by atoms with E-state index in [1.807, 2.05) is 0 Å². The second-order valence-corrected chi connectivity index (χ2v) is 14.0. The van der Waals surface area contributed by atoms with Crippen molar-refractivity contribution in [2.24, 2.45) is 0 Å². The zero-order valence-corrected chi connectivity index (χ0v) is 33.1. The van der Waals surface area contributed by atoms with E-state index in [1.165, 1.54) is 0 Å². The van der Waals surface area contributed by atoms with Crippen molar-refractivity contribution in [1.82, 2.24) is 0 Å². The Bertz CT molecular complexity index is 2720. The molecule has 0 spiro atoms. The lowest BCUT2D eigenvalue weighted by molar-refractivity contribution is -0.282. The minimum absolute atomic E-state index is 0.534. The molecule has 0 radical (unpaired) electrons. The number of hydrogen-bond acceptors (Lipinski definition) is 26. The molecule has 0 bridgehead atoms. The van der Waals surface area contributed by atoms with Gasteiger partial charge in [0.15, 0.2) is 98.5 Å². The summed E-state index contributed by atoms with van der Waals surface area (Å²) in [5.41, 5.74) is -3.88. The molecule has 1 fully saturated rings. The quantitative estimate of drug-likeness (QED) is 0.0509. The maximum Gasteiger partial charge on any atom is 0.340 e. The van der Waals surface area contributed by atoms with Crippen molar-refractivity contribution in [3.63, 3.8) is 0 Å². The molecular weight excluding hydrogens is 908 g/mol. The lowest BCUT2D eigenvalue weighted by atomic mass is 9.97. The molecule has 0 aliphatic carbocycles. The van der Waals surface area contributed by atoms with Crippen LogP contribution in [-0.4, -0.2) is 144 Å². The van der Waals surface area contributed by atoms with E-state index in [-0.39, 0.29) is 0 Å². The first-order valence-electron chi connectivity index (χ1n) is 18.4. The summed E-state index contributed by atoms with van der Waals surface area (Å²) in [6.45, 7) is -1.25. The molecule has 15 N–H and O–H groups in total. The van der Waals surface area contributed by atoms with Crippen molar-refractivity contribution < 1.29 is 129 Å². The second kappa shape index (κ2) is 18.3. The first-order chi connectivity index (χ1) is 31.4. The zero-order valence-electron chi connectivity index (χ0n) is 33.1. The first-order valence-corrected chi connectivity index (χ1v) is 18.4. The fourth-order valence-corrected chi connectivity index (χ4v) is 6.11. The van der Waals surface area contributed by atoms with Crippen LogP contribution < -0.4 is 0 Å². The lowest BCUT2D eigenvalue weighted by Crippen LogP contribution is -2.63. The molecule has 0 unspecified atom stereocenters. The molecule has 0 saturated carbocycles. The summed E-state index contributed by atoms with van der Waals surface area (Å²) in [6.07, 6.45) is -12.2. The van der Waals surface area contributed by atoms with Gasteiger partial charge in [-0.1, -0.05) is 0 Å². The number of aromatic hydroxyl groups is 15. The molecule has 67 heavy (non-hydrogen) atoms. The van der Waals surface area contributed by atoms with E-state index >= 15 is 0 Å². The molecule has 0 amide bonds. The van der Waals surface area contributed by atoms with Crippen LogP contribution in [0.15, 0.2) is 60.7 Å². The van der Waals surface area contributed by atoms with Gasteiger partial charge >= 0.3 is 29.8 Å². The number of carbonyl (C=O) groups excluding carboxylic acids is 5. The maximum atomic E-state index is 13.9. The standard InChI is InChI=1S/C41H32O26/c42-17-1-12(2-18(43)28(17)52)36(57)62-11-27-33(64-37(58)13-3-19(44)29(53)20(45)4-13)34(65-38(59)14-5-21(46)30(54)22(47)6-14)35(66-39(60)15-7-23(48)31(55)24(49)8-15)41(63-27)67-40(61)16-9-25(50)32(56)26(51)10-16/h1-10,27,33-35,41-56H,11H2/t27-,33-,34-,35+,41-/m0/s1. The Labute approximate surface area is 370 Å². The number of rotatable bonds is 11. The van der Waals surface area contributed by atoms with Gasteiger partial charge in [0.1, 0.15) is 12.7 Å². The van der Waals surface area contributed by atoms with Crippen LogP contribution in [-0.2, 0) is 28.4 Å². The van der Waals surface area contributed by atoms with E-state index in [2.05, 4.69) is 0 Å². The van der Waals surface area contributed by atoms with Crippen LogP contribution >= 0.6 is 0 Å². The normalized spacial score (nSPS) is 17.7. The van der Waals surface area contributed by atoms with Crippen LogP contribution in [0.2, 0.25) is 0 Å². The highest BCUT2D eigenvalue weighted by Gasteiger charge is 2.55. The number of esters is 5. The zero-order chi connectivity index (χ0) is 49.3. The molecule has 26 nitrogen and oxygen atoms in total. The van der Waals surface area contributed by atoms with Crippen LogP contribution in [0.5, 0.6) is 86.2 Å². The van der Waals surface area contributed by atoms with Crippen molar-refractivity contribution in [2.75, 3.05) is 6.61 Å². The highest BCUT2D eigenvalue weighted by atomic mass is 16.7. The fourth-order valence-electron chi connectivity index (χ4n) is 6.11. The topological polar surface area (TPSA) is 444 Å². The van der Waals surface area contributed by atoms with Crippen molar-refractivity contribution in [1.29, 1.82) is 0 Å². The Hall–Kier alpha value is -9.59. The van der Waals surface area contributed by atoms with Crippen LogP contribution in [0.3, 0.4) is 0 Å². The molecule has 0 aromatic heterocycles. The summed E-state index contributed by atoms with van der Waals surface area (Å²) in [7, 11) is 0. The highest BCUT2D eigenvalue weighted by Crippen LogP contribution is 2.41. The van der Waals surface area contributed by atoms with E-state index in [1.54, 1.807) is 0 Å². The summed E-state index contributed by atoms with van der Waals surface area (Å²) in [5, 5.41) is 150. The summed E-state index contributed by atoms with van der Waals surface area (Å²) >= 11 is 0. The third-order valence-electron chi connectivity index (χ3n) is 9.45. The Morgan fingerprint density at radius 3 is 0.881 bits per heavy atom. The number of phenols is 15. The average molecular weight is 941 g/mol. The number of phenolic OH excluding ortho intramolecular Hbond substituents is 15. The van der Waals surface area contributed by atoms with E-state index in [4.69, 9.17) is 28.4 Å². The molecule has 1 saturated heterocycles. The minimum Gasteiger partial charge on any atom is -0.504 e. The largest absolute Gasteiger partial charge is 0.504 e. The number of ether oxygens (including phenoxy) is 6. The molecular formula is C41H32O26. The van der Waals surface area contributed by atoms with Gasteiger partial charge in [-0.25, -0.2) is 24.0 Å². The molecule has 1 aliphatic heterocycles. The SMILES string of the molecule is O=C(OC[C@@H]1O[C@@H](OC(=O)c2cc(O)c(O)c(O)c2)[C@H](OC(=O)c2cc(O)c(O)c(O)c2)[C@@H](OC(=O)c2cc(O)c(O)c(O)c2)[C@H]1OC(=O)c1cc(O)c(O)c(O)c1)c1cc(O)c(O)c(O)c1. The van der Waals surface area contributed by atoms with Gasteiger partial charge in [-0.15, -0.1) is 0 Å². The smallest absolute Gasteiger partial charge is 0.340 e. The number of carbonyl (C=O) groups is 5. The second-order valence-electron chi connectivity index (χ2n) is 14.0. The Balaban J connectivity index is 1.52. The molecule has 352 valence electrons. The third-order valence-corrected chi connectivity index (χ3v) is 9.45. The lowest BCUT2D eigenvalue weighted by Gasteiger charge is -2.43. The van der Waals surface area contributed by atoms with Crippen LogP contribution in [0, 0.1) is 0 Å². The van der Waals surface area contributed by atoms with Gasteiger partial charge in [0.05, 0.1) is 27.8 Å². The first kappa shape index (κ1) is 46.9. The molecule has 1 aliphatic rings. The monoisotopic (exact) mass is 940 g/mol. The Morgan fingerprint density at radius 2 is 0.582 bits per heavy atom. The minimum atomic E-state index is -2.56. The predicted molar refractivity (Wildman–Crippen MR) is 209 cm³/mol. The van der Waals surface area contributed by atoms with Crippen LogP contribution in [0.4, 0.5) is 0 Å². The van der Waals surface area contributed by atoms with Gasteiger partial charge in [-0.3, -0.25) is 0 Å². The van der Waals surface area contributed by atoms with Gasteiger partial charge in [0, 0.05) is 0 Å². The average Bonchev–Trinajstić information content (AvgIpc) is 3.27. The molecule has 26 heteroatoms. The summed E-state index contributed by atoms with van der Waals surface area (Å²) in [6, 6.07) is 5.60. The van der Waals surface area contributed by atoms with Gasteiger partial charge in [0.2, 0.25) is 12.4 Å². The third kappa shape index (κ3) is 9.67. The van der Waals surface area contributed by atoms with Gasteiger partial charge in [0.25, 0.3) is 0 Å². The van der Waals surface area contributed by atoms with Gasteiger partial charge < -0.3 is 105 Å². The highest BCUT2D eigenvalue weighted by molar-refractivity contribution is 5.94.